The standard InChI is InChI=1S/C24H36N9O5/c1-23(2)8-15(9-24(3,4)33(23)36)32-10-14(29-30-32)6-5-7-37-19-18(35)16(11-34)38-22(19)31-13-28-17-20(25)26-12-27-21(17)31/h10,12-13,15-16,18-19,22,34-35H,5-9,11H2,1-4H3,(H2,25,26,27)/t16-,18-,19-,22-/m1/s1. The van der Waals surface area contributed by atoms with Crippen molar-refractivity contribution < 1.29 is 24.9 Å². The molecule has 2 saturated heterocycles. The Labute approximate surface area is 220 Å². The van der Waals surface area contributed by atoms with Gasteiger partial charge in [0.2, 0.25) is 0 Å². The average molecular weight is 531 g/mol. The van der Waals surface area contributed by atoms with Crippen LogP contribution in [-0.4, -0.2) is 92.4 Å². The molecule has 3 aromatic rings. The fourth-order valence-electron chi connectivity index (χ4n) is 5.81. The number of aliphatic hydroxyl groups is 2. The van der Waals surface area contributed by atoms with E-state index in [1.165, 1.54) is 17.7 Å². The molecule has 2 aliphatic rings. The predicted octanol–water partition coefficient (Wildman–Crippen LogP) is 0.808. The molecule has 38 heavy (non-hydrogen) atoms. The molecule has 0 saturated carbocycles. The Kier molecular flexibility index (Phi) is 7.13. The lowest BCUT2D eigenvalue weighted by Crippen LogP contribution is -2.58. The SMILES string of the molecule is CC1(C)CC(n2cc(CCCO[C@@H]3[C@H](O)[C@@H](CO)O[C@H]3n3cnc4c(N)ncnc43)nn2)CC(C)(C)N1[O]. The summed E-state index contributed by atoms with van der Waals surface area (Å²) >= 11 is 0. The number of imidazole rings is 1. The molecular weight excluding hydrogens is 494 g/mol. The topological polar surface area (TPSA) is 182 Å². The summed E-state index contributed by atoms with van der Waals surface area (Å²) in [6.45, 7) is 7.83. The first-order valence-electron chi connectivity index (χ1n) is 12.9. The first-order chi connectivity index (χ1) is 18.0. The van der Waals surface area contributed by atoms with Gasteiger partial charge in [-0.2, -0.15) is 0 Å². The summed E-state index contributed by atoms with van der Waals surface area (Å²) in [6, 6.07) is 0.0903. The summed E-state index contributed by atoms with van der Waals surface area (Å²) in [6.07, 6.45) is 4.09. The Hall–Kier alpha value is -2.75. The van der Waals surface area contributed by atoms with Crippen molar-refractivity contribution in [2.75, 3.05) is 18.9 Å². The van der Waals surface area contributed by atoms with E-state index in [9.17, 15) is 15.4 Å². The summed E-state index contributed by atoms with van der Waals surface area (Å²) in [5.41, 5.74) is 6.63. The van der Waals surface area contributed by atoms with Crippen molar-refractivity contribution in [2.45, 2.75) is 95.0 Å². The largest absolute Gasteiger partial charge is 0.394 e. The number of aromatic nitrogens is 7. The molecule has 0 unspecified atom stereocenters. The van der Waals surface area contributed by atoms with Crippen molar-refractivity contribution in [2.24, 2.45) is 0 Å². The molecule has 5 heterocycles. The van der Waals surface area contributed by atoms with Crippen LogP contribution in [0.2, 0.25) is 0 Å². The number of rotatable bonds is 8. The molecule has 0 bridgehead atoms. The number of fused-ring (bicyclic) bond motifs is 1. The first-order valence-corrected chi connectivity index (χ1v) is 12.9. The molecule has 2 fully saturated rings. The van der Waals surface area contributed by atoms with Gasteiger partial charge in [0.25, 0.3) is 0 Å². The van der Waals surface area contributed by atoms with Crippen molar-refractivity contribution in [3.63, 3.8) is 0 Å². The van der Waals surface area contributed by atoms with Crippen molar-refractivity contribution >= 4 is 17.0 Å². The highest BCUT2D eigenvalue weighted by molar-refractivity contribution is 5.81. The van der Waals surface area contributed by atoms with Crippen LogP contribution in [0.25, 0.3) is 11.2 Å². The molecule has 0 amide bonds. The predicted molar refractivity (Wildman–Crippen MR) is 134 cm³/mol. The number of hydrogen-bond donors (Lipinski definition) is 3. The monoisotopic (exact) mass is 530 g/mol. The van der Waals surface area contributed by atoms with Crippen LogP contribution in [0.3, 0.4) is 0 Å². The highest BCUT2D eigenvalue weighted by Gasteiger charge is 2.47. The number of nitrogen functional groups attached to an aromatic ring is 1. The van der Waals surface area contributed by atoms with E-state index < -0.39 is 35.6 Å². The van der Waals surface area contributed by atoms with Crippen LogP contribution < -0.4 is 5.73 Å². The number of hydroxylamine groups is 2. The second-order valence-electron chi connectivity index (χ2n) is 11.4. The van der Waals surface area contributed by atoms with E-state index in [1.807, 2.05) is 38.6 Å². The number of aryl methyl sites for hydroxylation is 1. The zero-order valence-corrected chi connectivity index (χ0v) is 22.1. The van der Waals surface area contributed by atoms with Crippen molar-refractivity contribution in [1.82, 2.24) is 39.6 Å². The number of aliphatic hydroxyl groups excluding tert-OH is 2. The highest BCUT2D eigenvalue weighted by Crippen LogP contribution is 2.42. The molecule has 3 aromatic heterocycles. The molecule has 4 N–H and O–H groups in total. The van der Waals surface area contributed by atoms with Crippen LogP contribution >= 0.6 is 0 Å². The van der Waals surface area contributed by atoms with E-state index >= 15 is 0 Å². The lowest BCUT2D eigenvalue weighted by atomic mass is 9.79. The Morgan fingerprint density at radius 1 is 1.18 bits per heavy atom. The van der Waals surface area contributed by atoms with Gasteiger partial charge < -0.3 is 25.4 Å². The lowest BCUT2D eigenvalue weighted by molar-refractivity contribution is -0.293. The molecule has 1 radical (unpaired) electrons. The Morgan fingerprint density at radius 2 is 1.92 bits per heavy atom. The van der Waals surface area contributed by atoms with E-state index in [0.717, 1.165) is 5.69 Å². The zero-order valence-electron chi connectivity index (χ0n) is 22.1. The maximum absolute atomic E-state index is 12.7. The molecule has 2 aliphatic heterocycles. The maximum Gasteiger partial charge on any atom is 0.167 e. The van der Waals surface area contributed by atoms with Gasteiger partial charge in [-0.05, 0) is 53.4 Å². The molecule has 5 rings (SSSR count). The van der Waals surface area contributed by atoms with Gasteiger partial charge in [-0.1, -0.05) is 5.21 Å². The molecule has 0 aliphatic carbocycles. The highest BCUT2D eigenvalue weighted by atomic mass is 16.6. The van der Waals surface area contributed by atoms with E-state index in [2.05, 4.69) is 25.3 Å². The number of nitrogens with two attached hydrogens (primary N) is 1. The van der Waals surface area contributed by atoms with Gasteiger partial charge in [0, 0.05) is 23.9 Å². The van der Waals surface area contributed by atoms with Crippen LogP contribution in [0, 0.1) is 0 Å². The minimum Gasteiger partial charge on any atom is -0.394 e. The minimum absolute atomic E-state index is 0.0903. The second kappa shape index (κ2) is 10.1. The maximum atomic E-state index is 12.7. The van der Waals surface area contributed by atoms with Crippen LogP contribution in [0.1, 0.15) is 64.9 Å². The third-order valence-corrected chi connectivity index (χ3v) is 7.54. The normalized spacial score (nSPS) is 27.9. The van der Waals surface area contributed by atoms with Gasteiger partial charge in [-0.25, -0.2) is 19.6 Å². The molecule has 14 heteroatoms. The number of nitrogens with zero attached hydrogens (tertiary/aromatic N) is 8. The minimum atomic E-state index is -1.04. The van der Waals surface area contributed by atoms with Gasteiger partial charge in [-0.15, -0.1) is 15.4 Å². The first kappa shape index (κ1) is 26.8. The number of anilines is 1. The molecule has 0 spiro atoms. The van der Waals surface area contributed by atoms with Crippen molar-refractivity contribution in [3.8, 4) is 0 Å². The van der Waals surface area contributed by atoms with Gasteiger partial charge in [0.15, 0.2) is 17.7 Å². The molecule has 0 aromatic carbocycles. The Morgan fingerprint density at radius 3 is 2.63 bits per heavy atom. The summed E-state index contributed by atoms with van der Waals surface area (Å²) in [4.78, 5) is 12.5. The summed E-state index contributed by atoms with van der Waals surface area (Å²) < 4.78 is 15.5. The third kappa shape index (κ3) is 4.87. The number of piperidine rings is 1. The fourth-order valence-corrected chi connectivity index (χ4v) is 5.81. The molecule has 4 atom stereocenters. The zero-order chi connectivity index (χ0) is 27.2. The number of ether oxygens (including phenoxy) is 2. The van der Waals surface area contributed by atoms with Gasteiger partial charge in [0.1, 0.15) is 30.2 Å². The van der Waals surface area contributed by atoms with E-state index in [1.54, 1.807) is 4.57 Å². The third-order valence-electron chi connectivity index (χ3n) is 7.54. The van der Waals surface area contributed by atoms with Gasteiger partial charge in [0.05, 0.1) is 24.7 Å². The van der Waals surface area contributed by atoms with Crippen LogP contribution in [0.15, 0.2) is 18.9 Å². The van der Waals surface area contributed by atoms with Gasteiger partial charge in [-0.3, -0.25) is 4.57 Å². The van der Waals surface area contributed by atoms with E-state index in [-0.39, 0.29) is 18.5 Å². The van der Waals surface area contributed by atoms with Crippen LogP contribution in [0.4, 0.5) is 5.82 Å². The smallest absolute Gasteiger partial charge is 0.167 e. The summed E-state index contributed by atoms with van der Waals surface area (Å²) in [5.74, 6) is 0.238. The summed E-state index contributed by atoms with van der Waals surface area (Å²) in [7, 11) is 0. The van der Waals surface area contributed by atoms with E-state index in [4.69, 9.17) is 15.2 Å². The fraction of sp³-hybridized carbons (Fsp3) is 0.708. The van der Waals surface area contributed by atoms with Crippen molar-refractivity contribution in [3.05, 3.63) is 24.5 Å². The lowest BCUT2D eigenvalue weighted by Gasteiger charge is -2.49. The molecule has 14 nitrogen and oxygen atoms in total. The Bertz CT molecular complexity index is 1240. The molecule has 207 valence electrons. The van der Waals surface area contributed by atoms with Gasteiger partial charge >= 0.3 is 0 Å². The Balaban J connectivity index is 1.21. The van der Waals surface area contributed by atoms with E-state index in [0.29, 0.717) is 43.5 Å². The number of hydrogen-bond acceptors (Lipinski definition) is 11. The summed E-state index contributed by atoms with van der Waals surface area (Å²) in [5, 5.41) is 43.0. The van der Waals surface area contributed by atoms with Crippen LogP contribution in [-0.2, 0) is 21.1 Å². The van der Waals surface area contributed by atoms with Crippen molar-refractivity contribution in [1.29, 1.82) is 0 Å². The van der Waals surface area contributed by atoms with Crippen LogP contribution in [0.5, 0.6) is 0 Å². The second-order valence-corrected chi connectivity index (χ2v) is 11.4. The quantitative estimate of drug-likeness (QED) is 0.350. The molecular formula is C24H36N9O5. The average Bonchev–Trinajstić information content (AvgIpc) is 3.58.